The molecule has 0 aliphatic heterocycles. The van der Waals surface area contributed by atoms with Gasteiger partial charge in [-0.1, -0.05) is 227 Å². The number of hydrogen-bond acceptors (Lipinski definition) is 5. The molecule has 0 amide bonds. The lowest BCUT2D eigenvalue weighted by Gasteiger charge is -2.18. The molecule has 0 saturated carbocycles. The Morgan fingerprint density at radius 2 is 0.712 bits per heavy atom. The largest absolute Gasteiger partial charge is 0.462 e. The molecule has 0 radical (unpaired) electrons. The van der Waals surface area contributed by atoms with E-state index in [-0.39, 0.29) is 25.2 Å². The van der Waals surface area contributed by atoms with Crippen molar-refractivity contribution in [2.75, 3.05) is 19.8 Å². The van der Waals surface area contributed by atoms with Crippen molar-refractivity contribution in [2.24, 2.45) is 0 Å². The van der Waals surface area contributed by atoms with Crippen LogP contribution >= 0.6 is 0 Å². The summed E-state index contributed by atoms with van der Waals surface area (Å²) in [6, 6.07) is 0. The fraction of sp³-hybridized carbons (Fsp3) is 0.705. The molecule has 66 heavy (non-hydrogen) atoms. The molecule has 0 heterocycles. The molecule has 0 bridgehead atoms. The summed E-state index contributed by atoms with van der Waals surface area (Å²) in [4.78, 5) is 25.4. The van der Waals surface area contributed by atoms with E-state index in [2.05, 4.69) is 112 Å². The Kier molecular flexibility index (Phi) is 53.4. The van der Waals surface area contributed by atoms with E-state index in [0.717, 1.165) is 77.0 Å². The molecule has 0 saturated heterocycles. The lowest BCUT2D eigenvalue weighted by atomic mass is 10.1. The third-order valence-electron chi connectivity index (χ3n) is 11.6. The number of rotatable bonds is 50. The zero-order valence-corrected chi connectivity index (χ0v) is 43.4. The van der Waals surface area contributed by atoms with Crippen LogP contribution in [0.25, 0.3) is 0 Å². The highest BCUT2D eigenvalue weighted by molar-refractivity contribution is 5.70. The molecule has 0 aromatic carbocycles. The molecule has 5 nitrogen and oxygen atoms in total. The van der Waals surface area contributed by atoms with Gasteiger partial charge in [0, 0.05) is 19.4 Å². The van der Waals surface area contributed by atoms with Crippen molar-refractivity contribution < 1.29 is 23.8 Å². The number of carbonyl (C=O) groups excluding carboxylic acids is 2. The molecule has 1 unspecified atom stereocenters. The maximum Gasteiger partial charge on any atom is 0.306 e. The highest BCUT2D eigenvalue weighted by atomic mass is 16.6. The molecule has 0 aromatic rings. The van der Waals surface area contributed by atoms with Crippen LogP contribution in [0.3, 0.4) is 0 Å². The van der Waals surface area contributed by atoms with Crippen molar-refractivity contribution in [3.8, 4) is 0 Å². The molecule has 378 valence electrons. The van der Waals surface area contributed by atoms with Crippen molar-refractivity contribution in [2.45, 2.75) is 258 Å². The highest BCUT2D eigenvalue weighted by Gasteiger charge is 2.17. The van der Waals surface area contributed by atoms with Gasteiger partial charge >= 0.3 is 11.9 Å². The van der Waals surface area contributed by atoms with Gasteiger partial charge in [0.1, 0.15) is 6.61 Å². The van der Waals surface area contributed by atoms with Gasteiger partial charge in [-0.15, -0.1) is 0 Å². The summed E-state index contributed by atoms with van der Waals surface area (Å²) in [7, 11) is 0. The van der Waals surface area contributed by atoms with E-state index in [1.165, 1.54) is 135 Å². The second-order valence-electron chi connectivity index (χ2n) is 18.1. The van der Waals surface area contributed by atoms with E-state index in [4.69, 9.17) is 14.2 Å². The second-order valence-corrected chi connectivity index (χ2v) is 18.1. The van der Waals surface area contributed by atoms with Crippen molar-refractivity contribution >= 4 is 11.9 Å². The predicted molar refractivity (Wildman–Crippen MR) is 288 cm³/mol. The van der Waals surface area contributed by atoms with E-state index >= 15 is 0 Å². The molecule has 0 spiro atoms. The van der Waals surface area contributed by atoms with Crippen LogP contribution in [0.4, 0.5) is 0 Å². The van der Waals surface area contributed by atoms with Gasteiger partial charge in [-0.2, -0.15) is 0 Å². The predicted octanol–water partition coefficient (Wildman–Crippen LogP) is 19.0. The van der Waals surface area contributed by atoms with Crippen LogP contribution in [0.15, 0.2) is 97.2 Å². The van der Waals surface area contributed by atoms with Crippen LogP contribution in [0, 0.1) is 0 Å². The van der Waals surface area contributed by atoms with Crippen LogP contribution in [0.5, 0.6) is 0 Å². The molecule has 0 aliphatic carbocycles. The molecular formula is C61H104O5. The lowest BCUT2D eigenvalue weighted by Crippen LogP contribution is -2.30. The van der Waals surface area contributed by atoms with Crippen LogP contribution in [0.1, 0.15) is 252 Å². The number of carbonyl (C=O) groups is 2. The van der Waals surface area contributed by atoms with Gasteiger partial charge in [0.2, 0.25) is 0 Å². The fourth-order valence-corrected chi connectivity index (χ4v) is 7.47. The molecule has 0 N–H and O–H groups in total. The summed E-state index contributed by atoms with van der Waals surface area (Å²) in [6.07, 6.45) is 75.8. The monoisotopic (exact) mass is 917 g/mol. The van der Waals surface area contributed by atoms with Crippen LogP contribution in [-0.4, -0.2) is 37.9 Å². The number of ether oxygens (including phenoxy) is 3. The molecule has 0 aromatic heterocycles. The third kappa shape index (κ3) is 53.4. The second kappa shape index (κ2) is 56.1. The Morgan fingerprint density at radius 3 is 1.17 bits per heavy atom. The van der Waals surface area contributed by atoms with Gasteiger partial charge in [0.25, 0.3) is 0 Å². The summed E-state index contributed by atoms with van der Waals surface area (Å²) in [5, 5.41) is 0. The number of unbranched alkanes of at least 4 members (excludes halogenated alkanes) is 23. The van der Waals surface area contributed by atoms with Gasteiger partial charge in [0.05, 0.1) is 6.61 Å². The van der Waals surface area contributed by atoms with Gasteiger partial charge in [-0.05, 0) is 109 Å². The minimum atomic E-state index is -0.577. The number of allylic oxidation sites excluding steroid dienone is 16. The Bertz CT molecular complexity index is 1270. The molecule has 0 rings (SSSR count). The van der Waals surface area contributed by atoms with Crippen molar-refractivity contribution in [3.05, 3.63) is 97.2 Å². The summed E-state index contributed by atoms with van der Waals surface area (Å²) in [6.45, 7) is 7.61. The van der Waals surface area contributed by atoms with E-state index in [1.54, 1.807) is 0 Å². The Morgan fingerprint density at radius 1 is 0.348 bits per heavy atom. The first-order valence-electron chi connectivity index (χ1n) is 27.8. The van der Waals surface area contributed by atoms with Crippen LogP contribution in [0.2, 0.25) is 0 Å². The van der Waals surface area contributed by atoms with E-state index in [0.29, 0.717) is 25.9 Å². The van der Waals surface area contributed by atoms with Gasteiger partial charge in [-0.25, -0.2) is 0 Å². The first kappa shape index (κ1) is 62.8. The first-order chi connectivity index (χ1) is 32.6. The molecule has 0 aliphatic rings. The van der Waals surface area contributed by atoms with E-state index < -0.39 is 6.10 Å². The Hall–Kier alpha value is -3.18. The minimum Gasteiger partial charge on any atom is -0.462 e. The Balaban J connectivity index is 4.38. The number of esters is 2. The van der Waals surface area contributed by atoms with Crippen LogP contribution in [-0.2, 0) is 23.8 Å². The molecular weight excluding hydrogens is 813 g/mol. The first-order valence-corrected chi connectivity index (χ1v) is 27.8. The summed E-state index contributed by atoms with van der Waals surface area (Å²) in [5.41, 5.74) is 0. The Labute approximate surface area is 409 Å². The van der Waals surface area contributed by atoms with E-state index in [1.807, 2.05) is 6.08 Å². The average Bonchev–Trinajstić information content (AvgIpc) is 3.32. The fourth-order valence-electron chi connectivity index (χ4n) is 7.47. The van der Waals surface area contributed by atoms with Gasteiger partial charge < -0.3 is 14.2 Å². The third-order valence-corrected chi connectivity index (χ3v) is 11.6. The van der Waals surface area contributed by atoms with E-state index in [9.17, 15) is 9.59 Å². The average molecular weight is 917 g/mol. The summed E-state index contributed by atoms with van der Waals surface area (Å²) in [5.74, 6) is -0.505. The topological polar surface area (TPSA) is 61.8 Å². The van der Waals surface area contributed by atoms with Crippen molar-refractivity contribution in [1.29, 1.82) is 0 Å². The molecule has 5 heteroatoms. The zero-order valence-electron chi connectivity index (χ0n) is 43.4. The molecule has 1 atom stereocenters. The minimum absolute atomic E-state index is 0.0371. The van der Waals surface area contributed by atoms with Gasteiger partial charge in [-0.3, -0.25) is 9.59 Å². The number of hydrogen-bond donors (Lipinski definition) is 0. The summed E-state index contributed by atoms with van der Waals surface area (Å²) >= 11 is 0. The lowest BCUT2D eigenvalue weighted by molar-refractivity contribution is -0.162. The standard InChI is InChI=1S/C61H104O5/c1-4-7-10-13-16-19-22-25-27-29-31-32-34-37-39-42-45-48-51-54-60(62)65-58-59(66-61(63)55-52-49-46-43-40-36-24-21-18-15-12-9-6-3)57-64-56-53-50-47-44-41-38-35-33-30-28-26-23-20-17-14-11-8-5-2/h7,10,16,19,21,24-28,31-32,37,39,45,48,59H,4-6,8-9,11-15,17-18,20,22-23,29-30,33-36,38,40-44,46-47,49-58H2,1-3H3/b10-7-,19-16-,24-21-,27-25-,28-26-,32-31-,39-37-,48-45-. The summed E-state index contributed by atoms with van der Waals surface area (Å²) < 4.78 is 17.4. The highest BCUT2D eigenvalue weighted by Crippen LogP contribution is 2.13. The molecule has 0 fully saturated rings. The normalized spacial score (nSPS) is 13.0. The smallest absolute Gasteiger partial charge is 0.306 e. The SMILES string of the molecule is CC/C=C\C/C=C\C/C=C\C/C=C\C/C=C\C/C=C\CCC(=O)OCC(COCCCCCCCCCC/C=C\CCCCCCCC)OC(=O)CCCCCCC/C=C\CCCCCC. The maximum absolute atomic E-state index is 12.8. The quantitative estimate of drug-likeness (QED) is 0.0346. The van der Waals surface area contributed by atoms with Crippen molar-refractivity contribution in [1.82, 2.24) is 0 Å². The van der Waals surface area contributed by atoms with Crippen LogP contribution < -0.4 is 0 Å². The van der Waals surface area contributed by atoms with Gasteiger partial charge in [0.15, 0.2) is 6.10 Å². The van der Waals surface area contributed by atoms with Crippen molar-refractivity contribution in [3.63, 3.8) is 0 Å². The zero-order chi connectivity index (χ0) is 47.7. The maximum atomic E-state index is 12.8.